The molecule has 0 amide bonds. The van der Waals surface area contributed by atoms with E-state index in [1.807, 2.05) is 27.7 Å². The van der Waals surface area contributed by atoms with Crippen LogP contribution in [0.1, 0.15) is 148 Å². The third-order valence-electron chi connectivity index (χ3n) is 5.90. The predicted octanol–water partition coefficient (Wildman–Crippen LogP) is 11.7. The van der Waals surface area contributed by atoms with Crippen molar-refractivity contribution in [2.75, 3.05) is 18.4 Å². The number of ether oxygens (including phenoxy) is 4. The van der Waals surface area contributed by atoms with Crippen LogP contribution in [-0.4, -0.2) is 69.8 Å². The number of aliphatic hydroxyl groups is 1. The Morgan fingerprint density at radius 1 is 0.446 bits per heavy atom. The zero-order valence-electron chi connectivity index (χ0n) is 35.8. The van der Waals surface area contributed by atoms with Crippen LogP contribution in [0.3, 0.4) is 0 Å². The largest absolute Gasteiger partial charge is 0.460 e. The van der Waals surface area contributed by atoms with E-state index in [-0.39, 0.29) is 79.9 Å². The lowest BCUT2D eigenvalue weighted by atomic mass is 10.1. The molecule has 0 fully saturated rings. The summed E-state index contributed by atoms with van der Waals surface area (Å²) >= 11 is 10.8. The fourth-order valence-corrected chi connectivity index (χ4v) is 3.78. The van der Waals surface area contributed by atoms with Crippen molar-refractivity contribution in [2.24, 2.45) is 0 Å². The molecule has 0 aromatic carbocycles. The number of hydrogen-bond donors (Lipinski definition) is 1. The van der Waals surface area contributed by atoms with Crippen LogP contribution in [0.2, 0.25) is 0 Å². The van der Waals surface area contributed by atoms with Crippen molar-refractivity contribution in [1.29, 1.82) is 0 Å². The van der Waals surface area contributed by atoms with Crippen molar-refractivity contribution in [3.8, 4) is 0 Å². The van der Waals surface area contributed by atoms with Gasteiger partial charge in [0, 0.05) is 37.4 Å². The number of hydrogen-bond acceptors (Lipinski definition) is 9. The SMILES string of the molecule is CC(C)(C)OC(=O)CC/C(=C\F)CCl.CC(C)(C)OC(=O)CCC(=CF)CCl.CC(C)(C)OC(=O)CCC(=CF)CO.CCC(=CF)CCC(=O)OC(C)(C)C. The Morgan fingerprint density at radius 3 is 0.821 bits per heavy atom. The molecule has 0 bridgehead atoms. The third kappa shape index (κ3) is 45.5. The average molecular weight is 852 g/mol. The van der Waals surface area contributed by atoms with Gasteiger partial charge in [0.25, 0.3) is 0 Å². The molecule has 15 heteroatoms. The van der Waals surface area contributed by atoms with Gasteiger partial charge < -0.3 is 24.1 Å². The van der Waals surface area contributed by atoms with E-state index in [0.29, 0.717) is 67.7 Å². The van der Waals surface area contributed by atoms with Crippen LogP contribution >= 0.6 is 23.2 Å². The number of alkyl halides is 2. The smallest absolute Gasteiger partial charge is 0.306 e. The van der Waals surface area contributed by atoms with Gasteiger partial charge in [0.15, 0.2) is 0 Å². The molecule has 0 rings (SSSR count). The van der Waals surface area contributed by atoms with E-state index >= 15 is 0 Å². The second-order valence-corrected chi connectivity index (χ2v) is 16.7. The lowest BCUT2D eigenvalue weighted by Gasteiger charge is -2.19. The lowest BCUT2D eigenvalue weighted by Crippen LogP contribution is -2.23. The van der Waals surface area contributed by atoms with Gasteiger partial charge in [-0.15, -0.1) is 23.2 Å². The molecule has 0 saturated heterocycles. The zero-order chi connectivity index (χ0) is 44.8. The molecule has 0 aromatic heterocycles. The van der Waals surface area contributed by atoms with Crippen LogP contribution in [0.15, 0.2) is 47.6 Å². The lowest BCUT2D eigenvalue weighted by molar-refractivity contribution is -0.155. The van der Waals surface area contributed by atoms with Gasteiger partial charge >= 0.3 is 23.9 Å². The van der Waals surface area contributed by atoms with Crippen LogP contribution in [0.4, 0.5) is 17.6 Å². The standard InChI is InChI=1S/C11H19FO2.2C10H16ClFO2.C10H17FO3/c1-5-9(8-12)6-7-10(13)14-11(2,3)4;3*1-10(2,3)14-9(13)5-4-8(6-11)7-12/h8H,5-7H2,1-4H3;2*7H,4-6H2,1-3H3;6,12H,4-5,7H2,1-3H3/b;8-7+;;. The molecule has 0 unspecified atom stereocenters. The van der Waals surface area contributed by atoms with Crippen LogP contribution < -0.4 is 0 Å². The van der Waals surface area contributed by atoms with Crippen LogP contribution in [0.25, 0.3) is 0 Å². The molecule has 56 heavy (non-hydrogen) atoms. The number of aliphatic hydroxyl groups excluding tert-OH is 1. The first kappa shape index (κ1) is 59.8. The minimum atomic E-state index is -0.518. The fourth-order valence-electron chi connectivity index (χ4n) is 3.40. The summed E-state index contributed by atoms with van der Waals surface area (Å²) in [6, 6.07) is 0. The van der Waals surface area contributed by atoms with Crippen molar-refractivity contribution in [1.82, 2.24) is 0 Å². The second kappa shape index (κ2) is 32.1. The number of rotatable bonds is 16. The molecule has 0 aliphatic heterocycles. The monoisotopic (exact) mass is 850 g/mol. The van der Waals surface area contributed by atoms with Gasteiger partial charge in [-0.2, -0.15) is 0 Å². The summed E-state index contributed by atoms with van der Waals surface area (Å²) in [4.78, 5) is 44.7. The molecule has 1 N–H and O–H groups in total. The molecular weight excluding hydrogens is 783 g/mol. The van der Waals surface area contributed by atoms with Crippen LogP contribution in [-0.2, 0) is 38.1 Å². The van der Waals surface area contributed by atoms with E-state index in [1.54, 1.807) is 62.3 Å². The minimum absolute atomic E-state index is 0.0909. The van der Waals surface area contributed by atoms with Crippen LogP contribution in [0, 0.1) is 0 Å². The number of esters is 4. The Bertz CT molecular complexity index is 1060. The molecule has 0 heterocycles. The van der Waals surface area contributed by atoms with Gasteiger partial charge in [0.2, 0.25) is 0 Å². The van der Waals surface area contributed by atoms with Gasteiger partial charge in [0.05, 0.1) is 31.9 Å². The molecule has 0 aliphatic carbocycles. The molecule has 0 spiro atoms. The van der Waals surface area contributed by atoms with Gasteiger partial charge in [-0.1, -0.05) is 6.92 Å². The highest BCUT2D eigenvalue weighted by atomic mass is 35.5. The number of carbonyl (C=O) groups is 4. The Hall–Kier alpha value is -2.90. The van der Waals surface area contributed by atoms with Crippen molar-refractivity contribution in [3.05, 3.63) is 47.6 Å². The highest BCUT2D eigenvalue weighted by Crippen LogP contribution is 2.16. The van der Waals surface area contributed by atoms with Gasteiger partial charge in [-0.3, -0.25) is 19.2 Å². The predicted molar refractivity (Wildman–Crippen MR) is 216 cm³/mol. The van der Waals surface area contributed by atoms with E-state index in [1.165, 1.54) is 0 Å². The minimum Gasteiger partial charge on any atom is -0.460 e. The first-order valence-electron chi connectivity index (χ1n) is 18.3. The van der Waals surface area contributed by atoms with Crippen molar-refractivity contribution >= 4 is 47.1 Å². The summed E-state index contributed by atoms with van der Waals surface area (Å²) in [6.45, 7) is 23.0. The fraction of sp³-hybridized carbons (Fsp3) is 0.707. The first-order valence-corrected chi connectivity index (χ1v) is 19.3. The summed E-state index contributed by atoms with van der Waals surface area (Å²) in [5, 5.41) is 8.61. The van der Waals surface area contributed by atoms with Crippen molar-refractivity contribution in [2.45, 2.75) is 170 Å². The second-order valence-electron chi connectivity index (χ2n) is 16.2. The van der Waals surface area contributed by atoms with Gasteiger partial charge in [0.1, 0.15) is 22.4 Å². The van der Waals surface area contributed by atoms with Crippen LogP contribution in [0.5, 0.6) is 0 Å². The molecule has 328 valence electrons. The molecule has 0 saturated carbocycles. The maximum Gasteiger partial charge on any atom is 0.306 e. The Morgan fingerprint density at radius 2 is 0.661 bits per heavy atom. The third-order valence-corrected chi connectivity index (χ3v) is 6.59. The number of carbonyl (C=O) groups excluding carboxylic acids is 4. The van der Waals surface area contributed by atoms with E-state index in [4.69, 9.17) is 47.3 Å². The topological polar surface area (TPSA) is 125 Å². The number of allylic oxidation sites excluding steroid dienone is 3. The normalized spacial score (nSPS) is 12.8. The summed E-state index contributed by atoms with van der Waals surface area (Å²) in [5.74, 6) is -1.10. The van der Waals surface area contributed by atoms with Gasteiger partial charge in [-0.25, -0.2) is 17.6 Å². The zero-order valence-corrected chi connectivity index (χ0v) is 37.3. The first-order chi connectivity index (χ1) is 25.5. The summed E-state index contributed by atoms with van der Waals surface area (Å²) in [7, 11) is 0. The average Bonchev–Trinajstić information content (AvgIpc) is 3.04. The van der Waals surface area contributed by atoms with E-state index in [2.05, 4.69) is 0 Å². The maximum absolute atomic E-state index is 12.1. The van der Waals surface area contributed by atoms with Crippen molar-refractivity contribution in [3.63, 3.8) is 0 Å². The summed E-state index contributed by atoms with van der Waals surface area (Å²) in [5.41, 5.74) is -0.268. The Labute approximate surface area is 343 Å². The molecule has 9 nitrogen and oxygen atoms in total. The highest BCUT2D eigenvalue weighted by Gasteiger charge is 2.19. The molecule has 0 aromatic rings. The number of halogens is 6. The molecule has 0 aliphatic rings. The summed E-state index contributed by atoms with van der Waals surface area (Å²) in [6.07, 6.45) is 4.37. The van der Waals surface area contributed by atoms with E-state index < -0.39 is 22.4 Å². The highest BCUT2D eigenvalue weighted by molar-refractivity contribution is 6.19. The van der Waals surface area contributed by atoms with E-state index in [0.717, 1.165) is 0 Å². The van der Waals surface area contributed by atoms with Gasteiger partial charge in [-0.05, 0) is 137 Å². The maximum atomic E-state index is 12.1. The van der Waals surface area contributed by atoms with E-state index in [9.17, 15) is 36.7 Å². The quantitative estimate of drug-likeness (QED) is 0.0699. The molecule has 0 atom stereocenters. The molecule has 0 radical (unpaired) electrons. The Kier molecular flexibility index (Phi) is 34.3. The Balaban J connectivity index is -0.000000322. The summed E-state index contributed by atoms with van der Waals surface area (Å²) < 4.78 is 68.4. The van der Waals surface area contributed by atoms with Crippen molar-refractivity contribution < 1.29 is 60.8 Å². The molecular formula is C41H68Cl2F4O9.